The van der Waals surface area contributed by atoms with Crippen LogP contribution in [0.5, 0.6) is 0 Å². The van der Waals surface area contributed by atoms with Crippen molar-refractivity contribution in [3.8, 4) is 11.4 Å². The molecule has 4 heteroatoms. The number of aromatic nitrogens is 2. The van der Waals surface area contributed by atoms with Crippen LogP contribution in [0.4, 0.5) is 0 Å². The van der Waals surface area contributed by atoms with Gasteiger partial charge in [-0.2, -0.15) is 0 Å². The van der Waals surface area contributed by atoms with Crippen molar-refractivity contribution in [2.45, 2.75) is 26.8 Å². The van der Waals surface area contributed by atoms with Crippen LogP contribution in [0.2, 0.25) is 0 Å². The Kier molecular flexibility index (Phi) is 4.25. The Morgan fingerprint density at radius 2 is 1.88 bits per heavy atom. The molecule has 0 bridgehead atoms. The SMILES string of the molecule is Cc1ccc(C(=O)N2CCc3nc(-c4ccccc4)ncc3C2)c(C)c1. The largest absolute Gasteiger partial charge is 0.334 e. The molecule has 0 N–H and O–H groups in total. The third kappa shape index (κ3) is 3.10. The summed E-state index contributed by atoms with van der Waals surface area (Å²) >= 11 is 0. The van der Waals surface area contributed by atoms with Crippen LogP contribution in [-0.4, -0.2) is 27.3 Å². The van der Waals surface area contributed by atoms with E-state index in [4.69, 9.17) is 4.98 Å². The van der Waals surface area contributed by atoms with Gasteiger partial charge >= 0.3 is 0 Å². The minimum absolute atomic E-state index is 0.0836. The molecule has 0 unspecified atom stereocenters. The maximum atomic E-state index is 12.9. The van der Waals surface area contributed by atoms with E-state index >= 15 is 0 Å². The smallest absolute Gasteiger partial charge is 0.254 e. The van der Waals surface area contributed by atoms with Gasteiger partial charge in [-0.1, -0.05) is 48.0 Å². The number of aryl methyl sites for hydroxylation is 2. The summed E-state index contributed by atoms with van der Waals surface area (Å²) in [6.07, 6.45) is 2.63. The quantitative estimate of drug-likeness (QED) is 0.707. The highest BCUT2D eigenvalue weighted by molar-refractivity contribution is 5.95. The number of benzene rings is 2. The summed E-state index contributed by atoms with van der Waals surface area (Å²) in [4.78, 5) is 24.0. The summed E-state index contributed by atoms with van der Waals surface area (Å²) in [5, 5.41) is 0. The normalized spacial score (nSPS) is 13.4. The van der Waals surface area contributed by atoms with Gasteiger partial charge in [-0.3, -0.25) is 4.79 Å². The van der Waals surface area contributed by atoms with Gasteiger partial charge in [0.1, 0.15) is 0 Å². The van der Waals surface area contributed by atoms with Gasteiger partial charge in [-0.15, -0.1) is 0 Å². The molecule has 130 valence electrons. The van der Waals surface area contributed by atoms with Gasteiger partial charge in [0.05, 0.1) is 5.69 Å². The fourth-order valence-corrected chi connectivity index (χ4v) is 3.44. The highest BCUT2D eigenvalue weighted by Crippen LogP contribution is 2.23. The van der Waals surface area contributed by atoms with E-state index in [9.17, 15) is 4.79 Å². The Bertz CT molecular complexity index is 966. The van der Waals surface area contributed by atoms with Crippen LogP contribution in [0.3, 0.4) is 0 Å². The van der Waals surface area contributed by atoms with Crippen LogP contribution >= 0.6 is 0 Å². The van der Waals surface area contributed by atoms with Crippen molar-refractivity contribution in [2.24, 2.45) is 0 Å². The number of fused-ring (bicyclic) bond motifs is 1. The van der Waals surface area contributed by atoms with Crippen molar-refractivity contribution in [1.82, 2.24) is 14.9 Å². The minimum atomic E-state index is 0.0836. The van der Waals surface area contributed by atoms with E-state index in [1.54, 1.807) is 0 Å². The van der Waals surface area contributed by atoms with Crippen LogP contribution in [-0.2, 0) is 13.0 Å². The number of nitrogens with zero attached hydrogens (tertiary/aromatic N) is 3. The summed E-state index contributed by atoms with van der Waals surface area (Å²) in [6.45, 7) is 5.29. The predicted molar refractivity (Wildman–Crippen MR) is 102 cm³/mol. The zero-order valence-electron chi connectivity index (χ0n) is 15.1. The van der Waals surface area contributed by atoms with Gasteiger partial charge in [0.25, 0.3) is 5.91 Å². The van der Waals surface area contributed by atoms with Gasteiger partial charge < -0.3 is 4.90 Å². The van der Waals surface area contributed by atoms with E-state index < -0.39 is 0 Å². The molecular weight excluding hydrogens is 322 g/mol. The standard InChI is InChI=1S/C22H21N3O/c1-15-8-9-19(16(2)12-15)22(26)25-11-10-20-18(14-25)13-23-21(24-20)17-6-4-3-5-7-17/h3-9,12-13H,10-11,14H2,1-2H3. The summed E-state index contributed by atoms with van der Waals surface area (Å²) < 4.78 is 0. The Hall–Kier alpha value is -3.01. The lowest BCUT2D eigenvalue weighted by Gasteiger charge is -2.28. The van der Waals surface area contributed by atoms with Crippen LogP contribution in [0, 0.1) is 13.8 Å². The first-order valence-corrected chi connectivity index (χ1v) is 8.88. The van der Waals surface area contributed by atoms with Crippen molar-refractivity contribution in [2.75, 3.05) is 6.54 Å². The summed E-state index contributed by atoms with van der Waals surface area (Å²) in [5.41, 5.74) is 6.07. The topological polar surface area (TPSA) is 46.1 Å². The van der Waals surface area contributed by atoms with Gasteiger partial charge in [0, 0.05) is 42.4 Å². The number of amides is 1. The molecule has 3 aromatic rings. The molecule has 0 fully saturated rings. The lowest BCUT2D eigenvalue weighted by atomic mass is 10.0. The van der Waals surface area contributed by atoms with Gasteiger partial charge in [-0.25, -0.2) is 9.97 Å². The predicted octanol–water partition coefficient (Wildman–Crippen LogP) is 3.96. The van der Waals surface area contributed by atoms with Crippen LogP contribution in [0.25, 0.3) is 11.4 Å². The van der Waals surface area contributed by atoms with E-state index in [1.165, 1.54) is 5.56 Å². The molecule has 1 amide bonds. The highest BCUT2D eigenvalue weighted by Gasteiger charge is 2.24. The first kappa shape index (κ1) is 16.5. The minimum Gasteiger partial charge on any atom is -0.334 e. The molecule has 26 heavy (non-hydrogen) atoms. The van der Waals surface area contributed by atoms with Crippen molar-refractivity contribution in [3.63, 3.8) is 0 Å². The first-order chi connectivity index (χ1) is 12.6. The molecule has 1 aliphatic rings. The monoisotopic (exact) mass is 343 g/mol. The first-order valence-electron chi connectivity index (χ1n) is 8.88. The van der Waals surface area contributed by atoms with Crippen molar-refractivity contribution >= 4 is 5.91 Å². The number of carbonyl (C=O) groups is 1. The summed E-state index contributed by atoms with van der Waals surface area (Å²) in [6, 6.07) is 16.0. The highest BCUT2D eigenvalue weighted by atomic mass is 16.2. The second-order valence-electron chi connectivity index (χ2n) is 6.83. The molecule has 4 rings (SSSR count). The Balaban J connectivity index is 1.57. The third-order valence-electron chi connectivity index (χ3n) is 4.87. The van der Waals surface area contributed by atoms with Gasteiger partial charge in [-0.05, 0) is 25.5 Å². The molecule has 1 aromatic heterocycles. The fourth-order valence-electron chi connectivity index (χ4n) is 3.44. The van der Waals surface area contributed by atoms with Crippen molar-refractivity contribution in [3.05, 3.63) is 82.7 Å². The Morgan fingerprint density at radius 1 is 1.08 bits per heavy atom. The molecule has 0 spiro atoms. The molecule has 2 aromatic carbocycles. The number of carbonyl (C=O) groups excluding carboxylic acids is 1. The molecule has 2 heterocycles. The van der Waals surface area contributed by atoms with E-state index in [0.717, 1.165) is 40.2 Å². The van der Waals surface area contributed by atoms with E-state index in [1.807, 2.05) is 67.4 Å². The summed E-state index contributed by atoms with van der Waals surface area (Å²) in [7, 11) is 0. The van der Waals surface area contributed by atoms with Crippen molar-refractivity contribution in [1.29, 1.82) is 0 Å². The maximum Gasteiger partial charge on any atom is 0.254 e. The van der Waals surface area contributed by atoms with E-state index in [2.05, 4.69) is 11.1 Å². The molecule has 0 saturated carbocycles. The molecular formula is C22H21N3O. The summed E-state index contributed by atoms with van der Waals surface area (Å²) in [5.74, 6) is 0.832. The fraction of sp³-hybridized carbons (Fsp3) is 0.227. The second-order valence-corrected chi connectivity index (χ2v) is 6.83. The van der Waals surface area contributed by atoms with Crippen molar-refractivity contribution < 1.29 is 4.79 Å². The third-order valence-corrected chi connectivity index (χ3v) is 4.87. The zero-order valence-corrected chi connectivity index (χ0v) is 15.1. The molecule has 4 nitrogen and oxygen atoms in total. The van der Waals surface area contributed by atoms with E-state index in [-0.39, 0.29) is 5.91 Å². The lowest BCUT2D eigenvalue weighted by Crippen LogP contribution is -2.36. The average Bonchev–Trinajstić information content (AvgIpc) is 2.67. The molecule has 0 atom stereocenters. The van der Waals surface area contributed by atoms with Crippen LogP contribution < -0.4 is 0 Å². The number of rotatable bonds is 2. The Morgan fingerprint density at radius 3 is 2.65 bits per heavy atom. The van der Waals surface area contributed by atoms with Crippen LogP contribution in [0.15, 0.2) is 54.7 Å². The second kappa shape index (κ2) is 6.71. The molecule has 0 aliphatic carbocycles. The molecule has 0 saturated heterocycles. The number of hydrogen-bond acceptors (Lipinski definition) is 3. The average molecular weight is 343 g/mol. The Labute approximate surface area is 153 Å². The van der Waals surface area contributed by atoms with Crippen LogP contribution in [0.1, 0.15) is 32.7 Å². The zero-order chi connectivity index (χ0) is 18.1. The lowest BCUT2D eigenvalue weighted by molar-refractivity contribution is 0.0732. The van der Waals surface area contributed by atoms with Gasteiger partial charge in [0.15, 0.2) is 5.82 Å². The molecule has 0 radical (unpaired) electrons. The number of hydrogen-bond donors (Lipinski definition) is 0. The maximum absolute atomic E-state index is 12.9. The molecule has 1 aliphatic heterocycles. The van der Waals surface area contributed by atoms with Gasteiger partial charge in [0.2, 0.25) is 0 Å². The van der Waals surface area contributed by atoms with E-state index in [0.29, 0.717) is 13.1 Å².